The Morgan fingerprint density at radius 1 is 1.22 bits per heavy atom. The molecule has 0 amide bonds. The minimum atomic E-state index is -1.84. The number of carbonyl (C=O) groups excluding carboxylic acids is 1. The fourth-order valence-electron chi connectivity index (χ4n) is 4.41. The van der Waals surface area contributed by atoms with Gasteiger partial charge in [-0.1, -0.05) is 12.1 Å². The highest BCUT2D eigenvalue weighted by Crippen LogP contribution is 2.27. The van der Waals surface area contributed by atoms with Gasteiger partial charge in [0.15, 0.2) is 16.7 Å². The van der Waals surface area contributed by atoms with Gasteiger partial charge in [0.25, 0.3) is 0 Å². The molecule has 3 heterocycles. The molecule has 4 rings (SSSR count). The monoisotopic (exact) mass is 528 g/mol. The smallest absolute Gasteiger partial charge is 0.330 e. The lowest BCUT2D eigenvalue weighted by Crippen LogP contribution is -2.41. The molecule has 10 nitrogen and oxygen atoms in total. The van der Waals surface area contributed by atoms with Crippen molar-refractivity contribution in [3.8, 4) is 5.69 Å². The van der Waals surface area contributed by atoms with Crippen LogP contribution in [0.2, 0.25) is 0 Å². The molecule has 3 aromatic rings. The van der Waals surface area contributed by atoms with Crippen LogP contribution in [0.5, 0.6) is 0 Å². The van der Waals surface area contributed by atoms with Gasteiger partial charge in [-0.25, -0.2) is 23.7 Å². The molecule has 2 atom stereocenters. The molecule has 1 N–H and O–H groups in total. The number of hydrogen-bond acceptors (Lipinski definition) is 8. The Morgan fingerprint density at radius 3 is 2.51 bits per heavy atom. The third kappa shape index (κ3) is 6.52. The zero-order valence-electron chi connectivity index (χ0n) is 22.1. The van der Waals surface area contributed by atoms with E-state index in [1.54, 1.807) is 29.2 Å². The predicted molar refractivity (Wildman–Crippen MR) is 144 cm³/mol. The normalized spacial score (nSPS) is 17.0. The van der Waals surface area contributed by atoms with E-state index in [1.807, 2.05) is 52.1 Å². The van der Waals surface area contributed by atoms with Gasteiger partial charge in [0.2, 0.25) is 0 Å². The van der Waals surface area contributed by atoms with Gasteiger partial charge in [-0.05, 0) is 70.6 Å². The van der Waals surface area contributed by atoms with E-state index >= 15 is 0 Å². The van der Waals surface area contributed by atoms with Crippen LogP contribution in [0, 0.1) is 11.3 Å². The standard InChI is InChI=1S/C26H36N6O4S/c1-18(37(34)35)14-19-6-8-21(9-7-19)32-24-22(15-29-32)23(27-17-28-24)30(5)16-20-10-12-31(13-11-20)36-25(33)26(2,3)4/h6-9,15,17-18,20H,10-14,16H2,1-5H3,(H,34,35). The van der Waals surface area contributed by atoms with E-state index in [4.69, 9.17) is 4.84 Å². The van der Waals surface area contributed by atoms with Gasteiger partial charge in [0.05, 0.1) is 27.9 Å². The first kappa shape index (κ1) is 27.2. The molecule has 200 valence electrons. The zero-order valence-corrected chi connectivity index (χ0v) is 22.9. The number of fused-ring (bicyclic) bond motifs is 1. The van der Waals surface area contributed by atoms with Crippen molar-refractivity contribution < 1.29 is 18.4 Å². The first-order valence-corrected chi connectivity index (χ1v) is 13.8. The number of hydroxylamine groups is 2. The van der Waals surface area contributed by atoms with Crippen LogP contribution in [-0.2, 0) is 27.1 Å². The van der Waals surface area contributed by atoms with Gasteiger partial charge in [-0.2, -0.15) is 5.10 Å². The molecule has 0 saturated carbocycles. The molecule has 2 aromatic heterocycles. The molecule has 1 aromatic carbocycles. The van der Waals surface area contributed by atoms with Gasteiger partial charge in [0.1, 0.15) is 12.1 Å². The number of anilines is 1. The topological polar surface area (TPSA) is 114 Å². The maximum Gasteiger partial charge on any atom is 0.330 e. The minimum absolute atomic E-state index is 0.200. The molecule has 1 aliphatic rings. The van der Waals surface area contributed by atoms with E-state index in [2.05, 4.69) is 20.0 Å². The Kier molecular flexibility index (Phi) is 8.25. The second-order valence-corrected chi connectivity index (χ2v) is 12.2. The van der Waals surface area contributed by atoms with E-state index in [0.29, 0.717) is 12.3 Å². The molecular weight excluding hydrogens is 492 g/mol. The molecule has 11 heteroatoms. The summed E-state index contributed by atoms with van der Waals surface area (Å²) in [5.41, 5.74) is 2.06. The second kappa shape index (κ2) is 11.2. The van der Waals surface area contributed by atoms with Crippen LogP contribution in [0.25, 0.3) is 16.7 Å². The maximum atomic E-state index is 12.2. The van der Waals surface area contributed by atoms with E-state index in [-0.39, 0.29) is 11.2 Å². The molecular formula is C26H36N6O4S. The van der Waals surface area contributed by atoms with Crippen molar-refractivity contribution in [1.29, 1.82) is 0 Å². The summed E-state index contributed by atoms with van der Waals surface area (Å²) < 4.78 is 22.3. The van der Waals surface area contributed by atoms with Crippen molar-refractivity contribution in [1.82, 2.24) is 24.8 Å². The van der Waals surface area contributed by atoms with E-state index < -0.39 is 16.5 Å². The predicted octanol–water partition coefficient (Wildman–Crippen LogP) is 3.62. The first-order valence-electron chi connectivity index (χ1n) is 12.6. The van der Waals surface area contributed by atoms with Crippen molar-refractivity contribution in [2.45, 2.75) is 52.2 Å². The van der Waals surface area contributed by atoms with Crippen LogP contribution in [0.1, 0.15) is 46.1 Å². The second-order valence-electron chi connectivity index (χ2n) is 10.8. The molecule has 37 heavy (non-hydrogen) atoms. The minimum Gasteiger partial charge on any atom is -0.367 e. The Balaban J connectivity index is 1.41. The van der Waals surface area contributed by atoms with Crippen LogP contribution < -0.4 is 4.90 Å². The summed E-state index contributed by atoms with van der Waals surface area (Å²) in [6.45, 7) is 9.62. The molecule has 0 spiro atoms. The van der Waals surface area contributed by atoms with Crippen molar-refractivity contribution in [3.05, 3.63) is 42.4 Å². The van der Waals surface area contributed by atoms with Gasteiger partial charge < -0.3 is 14.3 Å². The summed E-state index contributed by atoms with van der Waals surface area (Å²) in [7, 11) is 2.03. The number of benzene rings is 1. The largest absolute Gasteiger partial charge is 0.367 e. The molecule has 1 aliphatic heterocycles. The lowest BCUT2D eigenvalue weighted by atomic mass is 9.96. The number of piperidine rings is 1. The molecule has 2 unspecified atom stereocenters. The highest BCUT2D eigenvalue weighted by atomic mass is 32.2. The Morgan fingerprint density at radius 2 is 1.89 bits per heavy atom. The number of nitrogens with zero attached hydrogens (tertiary/aromatic N) is 6. The van der Waals surface area contributed by atoms with Crippen molar-refractivity contribution in [2.24, 2.45) is 11.3 Å². The third-order valence-corrected chi connectivity index (χ3v) is 7.54. The van der Waals surface area contributed by atoms with Gasteiger partial charge in [-0.3, -0.25) is 0 Å². The maximum absolute atomic E-state index is 12.2. The quantitative estimate of drug-likeness (QED) is 0.438. The highest BCUT2D eigenvalue weighted by Gasteiger charge is 2.29. The summed E-state index contributed by atoms with van der Waals surface area (Å²) in [4.78, 5) is 28.9. The zero-order chi connectivity index (χ0) is 26.7. The highest BCUT2D eigenvalue weighted by molar-refractivity contribution is 7.79. The third-order valence-electron chi connectivity index (χ3n) is 6.68. The number of hydrogen-bond donors (Lipinski definition) is 1. The Bertz CT molecular complexity index is 1250. The van der Waals surface area contributed by atoms with Crippen LogP contribution >= 0.6 is 0 Å². The molecule has 0 bridgehead atoms. The molecule has 0 aliphatic carbocycles. The average Bonchev–Trinajstić information content (AvgIpc) is 3.29. The fraction of sp³-hybridized carbons (Fsp3) is 0.538. The van der Waals surface area contributed by atoms with E-state index in [0.717, 1.165) is 60.6 Å². The van der Waals surface area contributed by atoms with Gasteiger partial charge in [0, 0.05) is 26.7 Å². The van der Waals surface area contributed by atoms with Crippen molar-refractivity contribution in [2.75, 3.05) is 31.6 Å². The summed E-state index contributed by atoms with van der Waals surface area (Å²) in [6, 6.07) is 7.79. The van der Waals surface area contributed by atoms with Gasteiger partial charge >= 0.3 is 5.97 Å². The SMILES string of the molecule is CC(Cc1ccc(-n2ncc3c(N(C)CC4CCN(OC(=O)C(C)(C)C)CC4)ncnc32)cc1)S(=O)O. The van der Waals surface area contributed by atoms with Crippen LogP contribution in [0.4, 0.5) is 5.82 Å². The molecule has 1 fully saturated rings. The summed E-state index contributed by atoms with van der Waals surface area (Å²) in [5.74, 6) is 1.08. The van der Waals surface area contributed by atoms with Crippen LogP contribution in [0.3, 0.4) is 0 Å². The lowest BCUT2D eigenvalue weighted by molar-refractivity contribution is -0.205. The summed E-state index contributed by atoms with van der Waals surface area (Å²) in [6.07, 6.45) is 5.75. The molecule has 1 saturated heterocycles. The van der Waals surface area contributed by atoms with Crippen molar-refractivity contribution >= 4 is 33.9 Å². The van der Waals surface area contributed by atoms with Crippen LogP contribution in [-0.4, -0.2) is 71.5 Å². The van der Waals surface area contributed by atoms with Crippen molar-refractivity contribution in [3.63, 3.8) is 0 Å². The lowest BCUT2D eigenvalue weighted by Gasteiger charge is -2.34. The van der Waals surface area contributed by atoms with E-state index in [1.165, 1.54) is 0 Å². The summed E-state index contributed by atoms with van der Waals surface area (Å²) >= 11 is -1.84. The number of aromatic nitrogens is 4. The van der Waals surface area contributed by atoms with E-state index in [9.17, 15) is 13.6 Å². The fourth-order valence-corrected chi connectivity index (χ4v) is 4.75. The average molecular weight is 529 g/mol. The van der Waals surface area contributed by atoms with Gasteiger partial charge in [-0.15, -0.1) is 5.06 Å². The Hall–Kier alpha value is -2.89. The number of carbonyl (C=O) groups is 1. The first-order chi connectivity index (χ1) is 17.5. The summed E-state index contributed by atoms with van der Waals surface area (Å²) in [5, 5.41) is 6.90. The number of rotatable bonds is 8. The Labute approximate surface area is 220 Å². The van der Waals surface area contributed by atoms with Crippen LogP contribution in [0.15, 0.2) is 36.8 Å². The molecule has 0 radical (unpaired) electrons.